The molecule has 2 N–H and O–H groups in total. The van der Waals surface area contributed by atoms with Crippen molar-refractivity contribution in [2.75, 3.05) is 0 Å². The summed E-state index contributed by atoms with van der Waals surface area (Å²) < 4.78 is 21.9. The summed E-state index contributed by atoms with van der Waals surface area (Å²) in [6.45, 7) is 3.60. The minimum atomic E-state index is -0.983. The molecule has 0 aromatic rings. The van der Waals surface area contributed by atoms with Crippen molar-refractivity contribution in [3.05, 3.63) is 0 Å². The molecule has 6 heteroatoms. The van der Waals surface area contributed by atoms with Crippen molar-refractivity contribution in [3.8, 4) is 0 Å². The van der Waals surface area contributed by atoms with E-state index in [-0.39, 0.29) is 18.4 Å². The van der Waals surface area contributed by atoms with Gasteiger partial charge in [0.05, 0.1) is 12.0 Å². The molecule has 3 aliphatic rings. The van der Waals surface area contributed by atoms with Gasteiger partial charge in [-0.1, -0.05) is 0 Å². The number of rotatable bonds is 0. The van der Waals surface area contributed by atoms with E-state index < -0.39 is 30.8 Å². The lowest BCUT2D eigenvalue weighted by Gasteiger charge is -2.35. The van der Waals surface area contributed by atoms with Gasteiger partial charge in [0.2, 0.25) is 0 Å². The van der Waals surface area contributed by atoms with E-state index in [0.717, 1.165) is 0 Å². The molecule has 0 unspecified atom stereocenters. The Morgan fingerprint density at radius 1 is 1.06 bits per heavy atom. The molecule has 3 saturated heterocycles. The van der Waals surface area contributed by atoms with Gasteiger partial charge >= 0.3 is 0 Å². The molecule has 3 heterocycles. The van der Waals surface area contributed by atoms with Gasteiger partial charge in [0.25, 0.3) is 0 Å². The molecule has 0 aromatic carbocycles. The fourth-order valence-electron chi connectivity index (χ4n) is 2.60. The second-order valence-electron chi connectivity index (χ2n) is 4.94. The Hall–Kier alpha value is -0.240. The molecule has 92 valence electrons. The van der Waals surface area contributed by atoms with Gasteiger partial charge in [-0.05, 0) is 13.8 Å². The fraction of sp³-hybridized carbons (Fsp3) is 1.00. The molecule has 6 atom stereocenters. The molecular weight excluding hydrogens is 216 g/mol. The van der Waals surface area contributed by atoms with E-state index in [9.17, 15) is 10.2 Å². The lowest BCUT2D eigenvalue weighted by atomic mass is 9.92. The zero-order valence-corrected chi connectivity index (χ0v) is 9.20. The van der Waals surface area contributed by atoms with Crippen molar-refractivity contribution in [1.29, 1.82) is 0 Å². The molecule has 3 rings (SSSR count). The third-order valence-electron chi connectivity index (χ3n) is 3.23. The Morgan fingerprint density at radius 3 is 2.56 bits per heavy atom. The summed E-state index contributed by atoms with van der Waals surface area (Å²) in [6, 6.07) is 0. The lowest BCUT2D eigenvalue weighted by Crippen LogP contribution is -2.46. The Labute approximate surface area is 93.0 Å². The molecule has 0 spiro atoms. The summed E-state index contributed by atoms with van der Waals surface area (Å²) in [7, 11) is 0. The maximum atomic E-state index is 9.91. The first kappa shape index (κ1) is 10.9. The molecule has 0 amide bonds. The highest BCUT2D eigenvalue weighted by Crippen LogP contribution is 2.45. The second kappa shape index (κ2) is 3.38. The zero-order chi connectivity index (χ0) is 11.5. The molecule has 0 bridgehead atoms. The highest BCUT2D eigenvalue weighted by Gasteiger charge is 2.59. The van der Waals surface area contributed by atoms with Gasteiger partial charge < -0.3 is 29.2 Å². The maximum absolute atomic E-state index is 9.91. The minimum Gasteiger partial charge on any atom is -0.392 e. The average Bonchev–Trinajstić information content (AvgIpc) is 2.54. The molecule has 6 nitrogen and oxygen atoms in total. The molecule has 0 aromatic heterocycles. The van der Waals surface area contributed by atoms with Crippen molar-refractivity contribution in [2.45, 2.75) is 57.1 Å². The van der Waals surface area contributed by atoms with E-state index >= 15 is 0 Å². The summed E-state index contributed by atoms with van der Waals surface area (Å²) in [4.78, 5) is 0. The fourth-order valence-corrected chi connectivity index (χ4v) is 2.60. The van der Waals surface area contributed by atoms with E-state index in [2.05, 4.69) is 0 Å². The number of ether oxygens (including phenoxy) is 4. The van der Waals surface area contributed by atoms with Crippen LogP contribution in [0.3, 0.4) is 0 Å². The predicted molar refractivity (Wildman–Crippen MR) is 49.9 cm³/mol. The second-order valence-corrected chi connectivity index (χ2v) is 4.94. The number of fused-ring (bicyclic) bond motifs is 3. The van der Waals surface area contributed by atoms with E-state index in [1.54, 1.807) is 13.8 Å². The van der Waals surface area contributed by atoms with Gasteiger partial charge in [0.1, 0.15) is 6.10 Å². The van der Waals surface area contributed by atoms with E-state index in [1.165, 1.54) is 0 Å². The van der Waals surface area contributed by atoms with Crippen LogP contribution < -0.4 is 0 Å². The van der Waals surface area contributed by atoms with E-state index in [1.807, 2.05) is 0 Å². The lowest BCUT2D eigenvalue weighted by molar-refractivity contribution is -0.314. The SMILES string of the molecule is CC1(C)O[C@@H]2O[C@H]3O[C@H](O)C[C@@H](O)[C@H]3[C@@H]2O1. The van der Waals surface area contributed by atoms with Crippen LogP contribution in [0.25, 0.3) is 0 Å². The monoisotopic (exact) mass is 232 g/mol. The van der Waals surface area contributed by atoms with Crippen molar-refractivity contribution >= 4 is 0 Å². The Kier molecular flexibility index (Phi) is 2.30. The largest absolute Gasteiger partial charge is 0.392 e. The molecule has 0 aliphatic carbocycles. The average molecular weight is 232 g/mol. The Morgan fingerprint density at radius 2 is 1.81 bits per heavy atom. The summed E-state index contributed by atoms with van der Waals surface area (Å²) in [5, 5.41) is 19.3. The summed E-state index contributed by atoms with van der Waals surface area (Å²) >= 11 is 0. The molecule has 16 heavy (non-hydrogen) atoms. The molecule has 0 radical (unpaired) electrons. The van der Waals surface area contributed by atoms with Crippen LogP contribution in [0.1, 0.15) is 20.3 Å². The van der Waals surface area contributed by atoms with Crippen LogP contribution in [0.2, 0.25) is 0 Å². The summed E-state index contributed by atoms with van der Waals surface area (Å²) in [6.07, 6.45) is -3.00. The third-order valence-corrected chi connectivity index (χ3v) is 3.23. The maximum Gasteiger partial charge on any atom is 0.190 e. The summed E-state index contributed by atoms with van der Waals surface area (Å²) in [5.74, 6) is -0.994. The van der Waals surface area contributed by atoms with Crippen LogP contribution in [-0.2, 0) is 18.9 Å². The first-order valence-electron chi connectivity index (χ1n) is 5.49. The Bertz CT molecular complexity index is 293. The van der Waals surface area contributed by atoms with Crippen molar-refractivity contribution in [2.24, 2.45) is 5.92 Å². The van der Waals surface area contributed by atoms with Crippen LogP contribution in [0.5, 0.6) is 0 Å². The molecule has 0 saturated carbocycles. The standard InChI is InChI=1S/C10H16O6/c1-10(2)15-7-6-4(11)3-5(12)13-8(6)14-9(7)16-10/h4-9,11-12H,3H2,1-2H3/t4-,5+,6+,7+,8-,9+/m1/s1. The highest BCUT2D eigenvalue weighted by atomic mass is 16.9. The highest BCUT2D eigenvalue weighted by molar-refractivity contribution is 4.95. The van der Waals surface area contributed by atoms with Crippen LogP contribution in [0.4, 0.5) is 0 Å². The van der Waals surface area contributed by atoms with E-state index in [0.29, 0.717) is 0 Å². The Balaban J connectivity index is 1.80. The number of aliphatic hydroxyl groups is 2. The zero-order valence-electron chi connectivity index (χ0n) is 9.20. The van der Waals surface area contributed by atoms with Crippen molar-refractivity contribution < 1.29 is 29.2 Å². The first-order chi connectivity index (χ1) is 7.46. The van der Waals surface area contributed by atoms with Gasteiger partial charge in [-0.3, -0.25) is 0 Å². The third kappa shape index (κ3) is 1.57. The number of hydrogen-bond donors (Lipinski definition) is 2. The van der Waals surface area contributed by atoms with Gasteiger partial charge in [-0.2, -0.15) is 0 Å². The van der Waals surface area contributed by atoms with Gasteiger partial charge in [-0.15, -0.1) is 0 Å². The van der Waals surface area contributed by atoms with Gasteiger partial charge in [-0.25, -0.2) is 0 Å². The molecule has 3 fully saturated rings. The van der Waals surface area contributed by atoms with E-state index in [4.69, 9.17) is 18.9 Å². The number of hydrogen-bond acceptors (Lipinski definition) is 6. The summed E-state index contributed by atoms with van der Waals surface area (Å²) in [5.41, 5.74) is 0. The molecule has 3 aliphatic heterocycles. The minimum absolute atomic E-state index is 0.178. The topological polar surface area (TPSA) is 77.4 Å². The van der Waals surface area contributed by atoms with Gasteiger partial charge in [0, 0.05) is 6.42 Å². The number of aliphatic hydroxyl groups excluding tert-OH is 2. The van der Waals surface area contributed by atoms with Crippen molar-refractivity contribution in [3.63, 3.8) is 0 Å². The van der Waals surface area contributed by atoms with Crippen LogP contribution in [-0.4, -0.2) is 47.1 Å². The van der Waals surface area contributed by atoms with Gasteiger partial charge in [0.15, 0.2) is 24.7 Å². The van der Waals surface area contributed by atoms with Crippen LogP contribution >= 0.6 is 0 Å². The first-order valence-corrected chi connectivity index (χ1v) is 5.49. The van der Waals surface area contributed by atoms with Crippen LogP contribution in [0, 0.1) is 5.92 Å². The van der Waals surface area contributed by atoms with Crippen molar-refractivity contribution in [1.82, 2.24) is 0 Å². The predicted octanol–water partition coefficient (Wildman–Crippen LogP) is -0.464. The smallest absolute Gasteiger partial charge is 0.190 e. The normalized spacial score (nSPS) is 54.8. The quantitative estimate of drug-likeness (QED) is 0.588. The molecular formula is C10H16O6. The van der Waals surface area contributed by atoms with Crippen LogP contribution in [0.15, 0.2) is 0 Å².